The van der Waals surface area contributed by atoms with Gasteiger partial charge < -0.3 is 15.0 Å². The summed E-state index contributed by atoms with van der Waals surface area (Å²) in [6, 6.07) is 2.59. The Morgan fingerprint density at radius 1 is 1.50 bits per heavy atom. The second-order valence-corrected chi connectivity index (χ2v) is 2.86. The Morgan fingerprint density at radius 2 is 2.14 bits per heavy atom. The first kappa shape index (κ1) is 10.1. The van der Waals surface area contributed by atoms with Crippen LogP contribution in [0.5, 0.6) is 0 Å². The van der Waals surface area contributed by atoms with Crippen LogP contribution in [0.25, 0.3) is 0 Å². The molecule has 1 amide bonds. The molecule has 0 aromatic carbocycles. The van der Waals surface area contributed by atoms with E-state index in [-0.39, 0.29) is 11.7 Å². The van der Waals surface area contributed by atoms with Gasteiger partial charge in [-0.25, -0.2) is 0 Å². The van der Waals surface area contributed by atoms with Crippen molar-refractivity contribution in [3.8, 4) is 0 Å². The van der Waals surface area contributed by atoms with E-state index in [9.17, 15) is 14.9 Å². The third kappa shape index (κ3) is 2.03. The van der Waals surface area contributed by atoms with Gasteiger partial charge in [0.25, 0.3) is 5.91 Å². The minimum absolute atomic E-state index is 0.229. The Kier molecular flexibility index (Phi) is 2.76. The van der Waals surface area contributed by atoms with Gasteiger partial charge in [0, 0.05) is 20.2 Å². The SMILES string of the molecule is CN(C)C(=O)c1ccc([N+](=O)[O-])nc1. The molecule has 1 heterocycles. The van der Waals surface area contributed by atoms with Crippen LogP contribution in [0.4, 0.5) is 5.82 Å². The van der Waals surface area contributed by atoms with Gasteiger partial charge in [-0.3, -0.25) is 4.79 Å². The molecular weight excluding hydrogens is 186 g/mol. The Labute approximate surface area is 80.3 Å². The van der Waals surface area contributed by atoms with Gasteiger partial charge in [0.2, 0.25) is 0 Å². The molecule has 0 aliphatic rings. The van der Waals surface area contributed by atoms with Crippen molar-refractivity contribution in [2.45, 2.75) is 0 Å². The first-order valence-corrected chi connectivity index (χ1v) is 3.84. The van der Waals surface area contributed by atoms with Crippen LogP contribution in [0, 0.1) is 10.1 Å². The quantitative estimate of drug-likeness (QED) is 0.514. The molecule has 0 fully saturated rings. The summed E-state index contributed by atoms with van der Waals surface area (Å²) in [6.45, 7) is 0. The van der Waals surface area contributed by atoms with Crippen molar-refractivity contribution >= 4 is 11.7 Å². The third-order valence-electron chi connectivity index (χ3n) is 1.59. The fraction of sp³-hybridized carbons (Fsp3) is 0.250. The van der Waals surface area contributed by atoms with Crippen molar-refractivity contribution in [2.24, 2.45) is 0 Å². The lowest BCUT2D eigenvalue weighted by Gasteiger charge is -2.07. The molecule has 6 heteroatoms. The summed E-state index contributed by atoms with van der Waals surface area (Å²) in [5.41, 5.74) is 0.334. The van der Waals surface area contributed by atoms with E-state index in [2.05, 4.69) is 4.98 Å². The molecule has 1 aromatic rings. The van der Waals surface area contributed by atoms with Crippen LogP contribution >= 0.6 is 0 Å². The molecular formula is C8H9N3O3. The third-order valence-corrected chi connectivity index (χ3v) is 1.59. The molecule has 6 nitrogen and oxygen atoms in total. The summed E-state index contributed by atoms with van der Waals surface area (Å²) in [5.74, 6) is -0.493. The number of amides is 1. The summed E-state index contributed by atoms with van der Waals surface area (Å²) in [4.78, 5) is 25.9. The summed E-state index contributed by atoms with van der Waals surface area (Å²) < 4.78 is 0. The minimum atomic E-state index is -0.607. The first-order chi connectivity index (χ1) is 6.52. The largest absolute Gasteiger partial charge is 0.363 e. The second kappa shape index (κ2) is 3.82. The number of carbonyl (C=O) groups is 1. The average molecular weight is 195 g/mol. The van der Waals surface area contributed by atoms with Gasteiger partial charge in [0.05, 0.1) is 5.56 Å². The van der Waals surface area contributed by atoms with Crippen molar-refractivity contribution in [3.05, 3.63) is 34.0 Å². The van der Waals surface area contributed by atoms with Crippen molar-refractivity contribution in [1.29, 1.82) is 0 Å². The zero-order valence-electron chi connectivity index (χ0n) is 7.80. The Balaban J connectivity index is 2.94. The van der Waals surface area contributed by atoms with Gasteiger partial charge in [0.1, 0.15) is 0 Å². The lowest BCUT2D eigenvalue weighted by molar-refractivity contribution is -0.389. The van der Waals surface area contributed by atoms with E-state index >= 15 is 0 Å². The van der Waals surface area contributed by atoms with E-state index in [1.807, 2.05) is 0 Å². The normalized spacial score (nSPS) is 9.57. The number of hydrogen-bond acceptors (Lipinski definition) is 4. The first-order valence-electron chi connectivity index (χ1n) is 3.84. The number of nitro groups is 1. The minimum Gasteiger partial charge on any atom is -0.358 e. The monoisotopic (exact) mass is 195 g/mol. The highest BCUT2D eigenvalue weighted by atomic mass is 16.6. The van der Waals surface area contributed by atoms with Gasteiger partial charge in [-0.1, -0.05) is 0 Å². The Bertz CT molecular complexity index is 359. The maximum absolute atomic E-state index is 11.3. The van der Waals surface area contributed by atoms with Crippen molar-refractivity contribution in [3.63, 3.8) is 0 Å². The number of carbonyl (C=O) groups excluding carboxylic acids is 1. The van der Waals surface area contributed by atoms with Gasteiger partial charge in [-0.15, -0.1) is 0 Å². The summed E-state index contributed by atoms with van der Waals surface area (Å²) >= 11 is 0. The molecule has 0 atom stereocenters. The van der Waals surface area contributed by atoms with Gasteiger partial charge in [-0.2, -0.15) is 0 Å². The zero-order valence-corrected chi connectivity index (χ0v) is 7.80. The van der Waals surface area contributed by atoms with Crippen molar-refractivity contribution < 1.29 is 9.72 Å². The summed E-state index contributed by atoms with van der Waals surface area (Å²) in [6.07, 6.45) is 1.19. The highest BCUT2D eigenvalue weighted by Gasteiger charge is 2.12. The lowest BCUT2D eigenvalue weighted by Crippen LogP contribution is -2.21. The van der Waals surface area contributed by atoms with E-state index in [0.717, 1.165) is 0 Å². The zero-order chi connectivity index (χ0) is 10.7. The molecule has 1 aromatic heterocycles. The van der Waals surface area contributed by atoms with Crippen LogP contribution < -0.4 is 0 Å². The number of rotatable bonds is 2. The maximum atomic E-state index is 11.3. The molecule has 0 N–H and O–H groups in total. The predicted molar refractivity (Wildman–Crippen MR) is 48.9 cm³/mol. The second-order valence-electron chi connectivity index (χ2n) is 2.86. The topological polar surface area (TPSA) is 76.3 Å². The van der Waals surface area contributed by atoms with E-state index < -0.39 is 4.92 Å². The van der Waals surface area contributed by atoms with Gasteiger partial charge in [0.15, 0.2) is 6.20 Å². The van der Waals surface area contributed by atoms with Gasteiger partial charge >= 0.3 is 5.82 Å². The number of hydrogen-bond donors (Lipinski definition) is 0. The Hall–Kier alpha value is -1.98. The average Bonchev–Trinajstić information content (AvgIpc) is 2.16. The summed E-state index contributed by atoms with van der Waals surface area (Å²) in [7, 11) is 3.20. The fourth-order valence-corrected chi connectivity index (χ4v) is 0.879. The standard InChI is InChI=1S/C8H9N3O3/c1-10(2)8(12)6-3-4-7(9-5-6)11(13)14/h3-5H,1-2H3. The highest BCUT2D eigenvalue weighted by molar-refractivity contribution is 5.93. The molecule has 0 radical (unpaired) electrons. The van der Waals surface area contributed by atoms with Crippen LogP contribution in [0.3, 0.4) is 0 Å². The van der Waals surface area contributed by atoms with E-state index in [1.165, 1.54) is 23.2 Å². The van der Waals surface area contributed by atoms with Crippen LogP contribution in [-0.4, -0.2) is 34.8 Å². The molecule has 0 unspecified atom stereocenters. The fourth-order valence-electron chi connectivity index (χ4n) is 0.879. The number of aromatic nitrogens is 1. The van der Waals surface area contributed by atoms with Crippen LogP contribution in [0.1, 0.15) is 10.4 Å². The van der Waals surface area contributed by atoms with E-state index in [1.54, 1.807) is 14.1 Å². The van der Waals surface area contributed by atoms with E-state index in [0.29, 0.717) is 5.56 Å². The molecule has 1 rings (SSSR count). The van der Waals surface area contributed by atoms with Crippen LogP contribution in [-0.2, 0) is 0 Å². The van der Waals surface area contributed by atoms with Gasteiger partial charge in [-0.05, 0) is 16.0 Å². The molecule has 0 spiro atoms. The van der Waals surface area contributed by atoms with Crippen molar-refractivity contribution in [2.75, 3.05) is 14.1 Å². The maximum Gasteiger partial charge on any atom is 0.363 e. The molecule has 0 aliphatic heterocycles. The van der Waals surface area contributed by atoms with E-state index in [4.69, 9.17) is 0 Å². The molecule has 0 saturated heterocycles. The van der Waals surface area contributed by atoms with Crippen molar-refractivity contribution in [1.82, 2.24) is 9.88 Å². The highest BCUT2D eigenvalue weighted by Crippen LogP contribution is 2.08. The smallest absolute Gasteiger partial charge is 0.358 e. The number of nitrogens with zero attached hydrogens (tertiary/aromatic N) is 3. The summed E-state index contributed by atoms with van der Waals surface area (Å²) in [5, 5.41) is 10.3. The number of pyridine rings is 1. The molecule has 0 aliphatic carbocycles. The lowest BCUT2D eigenvalue weighted by atomic mass is 10.2. The molecule has 0 bridgehead atoms. The molecule has 14 heavy (non-hydrogen) atoms. The van der Waals surface area contributed by atoms with Crippen LogP contribution in [0.2, 0.25) is 0 Å². The Morgan fingerprint density at radius 3 is 2.50 bits per heavy atom. The molecule has 74 valence electrons. The molecule has 0 saturated carbocycles. The predicted octanol–water partition coefficient (Wildman–Crippen LogP) is 0.692. The van der Waals surface area contributed by atoms with Crippen LogP contribution in [0.15, 0.2) is 18.3 Å².